The molecule has 0 spiro atoms. The first kappa shape index (κ1) is 12.3. The van der Waals surface area contributed by atoms with Gasteiger partial charge in [0, 0.05) is 10.8 Å². The van der Waals surface area contributed by atoms with Gasteiger partial charge in [0.05, 0.1) is 0 Å². The van der Waals surface area contributed by atoms with Crippen molar-refractivity contribution in [1.29, 1.82) is 0 Å². The quantitative estimate of drug-likeness (QED) is 0.663. The van der Waals surface area contributed by atoms with Crippen molar-refractivity contribution in [1.82, 2.24) is 4.72 Å². The molecular weight excluding hydrogens is 166 g/mol. The molecular formula is C10H23NS. The summed E-state index contributed by atoms with van der Waals surface area (Å²) in [6.45, 7) is 11.2. The highest BCUT2D eigenvalue weighted by Crippen LogP contribution is 2.21. The summed E-state index contributed by atoms with van der Waals surface area (Å²) in [5.74, 6) is 0. The fourth-order valence-electron chi connectivity index (χ4n) is 0.955. The van der Waals surface area contributed by atoms with Crippen molar-refractivity contribution in [3.63, 3.8) is 0 Å². The first-order valence-electron chi connectivity index (χ1n) is 4.93. The standard InChI is InChI=1S/C10H23NS/c1-6-8-9(7-2)11-12-10(3,4)5/h9,11H,6-8H2,1-5H3. The summed E-state index contributed by atoms with van der Waals surface area (Å²) in [5, 5.41) is 0. The van der Waals surface area contributed by atoms with Gasteiger partial charge in [0.15, 0.2) is 0 Å². The molecule has 74 valence electrons. The van der Waals surface area contributed by atoms with Crippen LogP contribution in [0.4, 0.5) is 0 Å². The zero-order valence-corrected chi connectivity index (χ0v) is 9.92. The van der Waals surface area contributed by atoms with Gasteiger partial charge in [-0.05, 0) is 33.6 Å². The topological polar surface area (TPSA) is 12.0 Å². The summed E-state index contributed by atoms with van der Waals surface area (Å²) in [7, 11) is 0. The van der Waals surface area contributed by atoms with E-state index in [1.165, 1.54) is 19.3 Å². The minimum absolute atomic E-state index is 0.334. The van der Waals surface area contributed by atoms with Gasteiger partial charge in [-0.2, -0.15) is 0 Å². The second-order valence-electron chi connectivity index (χ2n) is 4.23. The normalized spacial score (nSPS) is 14.8. The van der Waals surface area contributed by atoms with E-state index < -0.39 is 0 Å². The molecule has 0 aromatic rings. The lowest BCUT2D eigenvalue weighted by Crippen LogP contribution is -2.27. The van der Waals surface area contributed by atoms with Crippen LogP contribution in [0.5, 0.6) is 0 Å². The van der Waals surface area contributed by atoms with Crippen molar-refractivity contribution in [2.75, 3.05) is 0 Å². The lowest BCUT2D eigenvalue weighted by atomic mass is 10.1. The van der Waals surface area contributed by atoms with Crippen LogP contribution in [0.25, 0.3) is 0 Å². The molecule has 0 saturated carbocycles. The molecule has 0 aromatic heterocycles. The van der Waals surface area contributed by atoms with E-state index in [2.05, 4.69) is 39.3 Å². The van der Waals surface area contributed by atoms with Crippen LogP contribution in [0, 0.1) is 0 Å². The van der Waals surface area contributed by atoms with Crippen molar-refractivity contribution in [2.24, 2.45) is 0 Å². The minimum atomic E-state index is 0.334. The molecule has 1 atom stereocenters. The molecule has 2 heteroatoms. The lowest BCUT2D eigenvalue weighted by Gasteiger charge is -2.22. The van der Waals surface area contributed by atoms with Gasteiger partial charge in [0.2, 0.25) is 0 Å². The van der Waals surface area contributed by atoms with Crippen molar-refractivity contribution in [3.05, 3.63) is 0 Å². The molecule has 0 rings (SSSR count). The first-order chi connectivity index (χ1) is 5.49. The third kappa shape index (κ3) is 6.99. The second-order valence-corrected chi connectivity index (χ2v) is 5.89. The summed E-state index contributed by atoms with van der Waals surface area (Å²) in [4.78, 5) is 0. The van der Waals surface area contributed by atoms with Gasteiger partial charge in [-0.1, -0.05) is 32.2 Å². The molecule has 12 heavy (non-hydrogen) atoms. The Balaban J connectivity index is 3.58. The van der Waals surface area contributed by atoms with Crippen molar-refractivity contribution in [3.8, 4) is 0 Å². The summed E-state index contributed by atoms with van der Waals surface area (Å²) >= 11 is 1.86. The Morgan fingerprint density at radius 1 is 1.25 bits per heavy atom. The largest absolute Gasteiger partial charge is 0.261 e. The summed E-state index contributed by atoms with van der Waals surface area (Å²) in [6.07, 6.45) is 3.80. The number of hydrogen-bond donors (Lipinski definition) is 1. The van der Waals surface area contributed by atoms with Crippen LogP contribution >= 0.6 is 11.9 Å². The van der Waals surface area contributed by atoms with Crippen LogP contribution in [0.3, 0.4) is 0 Å². The molecule has 0 radical (unpaired) electrons. The van der Waals surface area contributed by atoms with E-state index in [4.69, 9.17) is 0 Å². The smallest absolute Gasteiger partial charge is 0.0220 e. The zero-order valence-electron chi connectivity index (χ0n) is 9.11. The predicted octanol–water partition coefficient (Wildman–Crippen LogP) is 3.60. The number of hydrogen-bond acceptors (Lipinski definition) is 2. The van der Waals surface area contributed by atoms with Gasteiger partial charge in [0.1, 0.15) is 0 Å². The monoisotopic (exact) mass is 189 g/mol. The molecule has 0 bridgehead atoms. The van der Waals surface area contributed by atoms with Crippen LogP contribution in [-0.4, -0.2) is 10.8 Å². The highest BCUT2D eigenvalue weighted by Gasteiger charge is 2.13. The average Bonchev–Trinajstić information content (AvgIpc) is 1.96. The highest BCUT2D eigenvalue weighted by molar-refractivity contribution is 7.98. The molecule has 0 aliphatic carbocycles. The summed E-state index contributed by atoms with van der Waals surface area (Å²) < 4.78 is 3.86. The second kappa shape index (κ2) is 5.87. The van der Waals surface area contributed by atoms with E-state index in [-0.39, 0.29) is 0 Å². The predicted molar refractivity (Wildman–Crippen MR) is 59.5 cm³/mol. The van der Waals surface area contributed by atoms with Crippen molar-refractivity contribution in [2.45, 2.75) is 64.7 Å². The van der Waals surface area contributed by atoms with Crippen LogP contribution < -0.4 is 4.72 Å². The number of rotatable bonds is 5. The van der Waals surface area contributed by atoms with E-state index in [1.54, 1.807) is 0 Å². The molecule has 0 heterocycles. The SMILES string of the molecule is CCCC(CC)NSC(C)(C)C. The van der Waals surface area contributed by atoms with E-state index >= 15 is 0 Å². The Bertz CT molecular complexity index is 107. The van der Waals surface area contributed by atoms with Crippen molar-refractivity contribution < 1.29 is 0 Å². The molecule has 1 nitrogen and oxygen atoms in total. The van der Waals surface area contributed by atoms with E-state index in [1.807, 2.05) is 11.9 Å². The lowest BCUT2D eigenvalue weighted by molar-refractivity contribution is 0.551. The maximum absolute atomic E-state index is 3.53. The summed E-state index contributed by atoms with van der Waals surface area (Å²) in [5.41, 5.74) is 0. The van der Waals surface area contributed by atoms with Crippen LogP contribution in [-0.2, 0) is 0 Å². The maximum atomic E-state index is 3.53. The van der Waals surface area contributed by atoms with Crippen molar-refractivity contribution >= 4 is 11.9 Å². The average molecular weight is 189 g/mol. The molecule has 1 N–H and O–H groups in total. The molecule has 0 aliphatic rings. The Hall–Kier alpha value is 0.310. The first-order valence-corrected chi connectivity index (χ1v) is 5.74. The molecule has 0 aromatic carbocycles. The number of nitrogens with one attached hydrogen (secondary N) is 1. The van der Waals surface area contributed by atoms with E-state index in [0.29, 0.717) is 10.8 Å². The van der Waals surface area contributed by atoms with Crippen LogP contribution in [0.15, 0.2) is 0 Å². The van der Waals surface area contributed by atoms with E-state index in [9.17, 15) is 0 Å². The third-order valence-corrected chi connectivity index (χ3v) is 2.73. The zero-order chi connectivity index (χ0) is 9.61. The van der Waals surface area contributed by atoms with Gasteiger partial charge in [0.25, 0.3) is 0 Å². The van der Waals surface area contributed by atoms with Gasteiger partial charge < -0.3 is 0 Å². The fraction of sp³-hybridized carbons (Fsp3) is 1.00. The molecule has 0 saturated heterocycles. The summed E-state index contributed by atoms with van der Waals surface area (Å²) in [6, 6.07) is 0.694. The van der Waals surface area contributed by atoms with Gasteiger partial charge in [-0.25, -0.2) is 0 Å². The Morgan fingerprint density at radius 2 is 1.83 bits per heavy atom. The Labute approximate surface area is 81.8 Å². The van der Waals surface area contributed by atoms with Gasteiger partial charge in [-0.15, -0.1) is 0 Å². The minimum Gasteiger partial charge on any atom is -0.261 e. The maximum Gasteiger partial charge on any atom is 0.0220 e. The van der Waals surface area contributed by atoms with Crippen LogP contribution in [0.1, 0.15) is 53.9 Å². The van der Waals surface area contributed by atoms with Crippen LogP contribution in [0.2, 0.25) is 0 Å². The Morgan fingerprint density at radius 3 is 2.17 bits per heavy atom. The highest BCUT2D eigenvalue weighted by atomic mass is 32.2. The van der Waals surface area contributed by atoms with Gasteiger partial charge >= 0.3 is 0 Å². The third-order valence-electron chi connectivity index (χ3n) is 1.66. The van der Waals surface area contributed by atoms with E-state index in [0.717, 1.165) is 0 Å². The molecule has 1 unspecified atom stereocenters. The van der Waals surface area contributed by atoms with Gasteiger partial charge in [-0.3, -0.25) is 4.72 Å². The Kier molecular flexibility index (Phi) is 6.02. The molecule has 0 amide bonds. The fourth-order valence-corrected chi connectivity index (χ4v) is 1.76. The molecule has 0 aliphatic heterocycles. The molecule has 0 fully saturated rings.